The van der Waals surface area contributed by atoms with E-state index in [9.17, 15) is 22.4 Å². The Morgan fingerprint density at radius 3 is 2.65 bits per heavy atom. The number of hydrogen-bond donors (Lipinski definition) is 0. The predicted molar refractivity (Wildman–Crippen MR) is 113 cm³/mol. The Balaban J connectivity index is 1.68. The molecule has 0 saturated carbocycles. The number of nitrogens with zero attached hydrogens (tertiary/aromatic N) is 3. The molecule has 0 spiro atoms. The van der Waals surface area contributed by atoms with Crippen LogP contribution in [0, 0.1) is 5.82 Å². The molecule has 3 heterocycles. The summed E-state index contributed by atoms with van der Waals surface area (Å²) in [7, 11) is 0. The van der Waals surface area contributed by atoms with Crippen LogP contribution in [0.4, 0.5) is 17.6 Å². The Hall–Kier alpha value is -4.15. The zero-order chi connectivity index (χ0) is 24.0. The number of hydrogen-bond acceptors (Lipinski definition) is 6. The molecule has 0 N–H and O–H groups in total. The lowest BCUT2D eigenvalue weighted by Gasteiger charge is -2.09. The summed E-state index contributed by atoms with van der Waals surface area (Å²) < 4.78 is 68.3. The molecule has 0 fully saturated rings. The lowest BCUT2D eigenvalue weighted by molar-refractivity contribution is -0.274. The zero-order valence-corrected chi connectivity index (χ0v) is 17.5. The molecule has 0 bridgehead atoms. The Bertz CT molecular complexity index is 1560. The van der Waals surface area contributed by atoms with E-state index < -0.39 is 23.9 Å². The molecule has 0 saturated heterocycles. The van der Waals surface area contributed by atoms with Crippen LogP contribution >= 0.6 is 0 Å². The number of halogens is 4. The van der Waals surface area contributed by atoms with Gasteiger partial charge in [0.25, 0.3) is 0 Å². The SMILES string of the molecule is CCOC(=O)c1ccc(Cn2c3ccc(OC(F)(F)F)cc3c3nc4cc(F)ccc4nc32)o1. The fraction of sp³-hybridized carbons (Fsp3) is 0.174. The third-order valence-corrected chi connectivity index (χ3v) is 5.06. The minimum absolute atomic E-state index is 0.0190. The van der Waals surface area contributed by atoms with Crippen LogP contribution in [-0.4, -0.2) is 33.5 Å². The maximum absolute atomic E-state index is 13.7. The van der Waals surface area contributed by atoms with Gasteiger partial charge >= 0.3 is 12.3 Å². The van der Waals surface area contributed by atoms with E-state index in [-0.39, 0.29) is 29.9 Å². The molecule has 3 aromatic heterocycles. The van der Waals surface area contributed by atoms with Gasteiger partial charge < -0.3 is 18.5 Å². The number of benzene rings is 2. The highest BCUT2D eigenvalue weighted by molar-refractivity contribution is 6.07. The molecule has 0 aliphatic heterocycles. The molecule has 174 valence electrons. The third-order valence-electron chi connectivity index (χ3n) is 5.06. The molecule has 5 rings (SSSR count). The average Bonchev–Trinajstić information content (AvgIpc) is 3.35. The number of ether oxygens (including phenoxy) is 2. The standard InChI is InChI=1S/C23H15F4N3O4/c1-2-32-22(31)19-8-5-14(33-19)11-30-18-7-4-13(34-23(25,26)27)10-15(18)20-21(30)29-16-6-3-12(24)9-17(16)28-20/h3-10H,2,11H2,1H3. The molecule has 0 amide bonds. The lowest BCUT2D eigenvalue weighted by atomic mass is 10.2. The highest BCUT2D eigenvalue weighted by atomic mass is 19.4. The van der Waals surface area contributed by atoms with Crippen LogP contribution in [0.25, 0.3) is 33.1 Å². The van der Waals surface area contributed by atoms with Crippen molar-refractivity contribution in [3.05, 3.63) is 65.9 Å². The quantitative estimate of drug-likeness (QED) is 0.245. The van der Waals surface area contributed by atoms with Gasteiger partial charge in [-0.1, -0.05) is 0 Å². The van der Waals surface area contributed by atoms with Gasteiger partial charge in [-0.15, -0.1) is 13.2 Å². The van der Waals surface area contributed by atoms with Crippen LogP contribution in [0.15, 0.2) is 52.9 Å². The van der Waals surface area contributed by atoms with Gasteiger partial charge in [0, 0.05) is 11.5 Å². The van der Waals surface area contributed by atoms with Crippen molar-refractivity contribution >= 4 is 39.1 Å². The minimum Gasteiger partial charge on any atom is -0.460 e. The van der Waals surface area contributed by atoms with E-state index in [4.69, 9.17) is 9.15 Å². The zero-order valence-electron chi connectivity index (χ0n) is 17.5. The van der Waals surface area contributed by atoms with E-state index in [1.165, 1.54) is 42.5 Å². The molecule has 7 nitrogen and oxygen atoms in total. The van der Waals surface area contributed by atoms with Crippen molar-refractivity contribution in [3.63, 3.8) is 0 Å². The number of fused-ring (bicyclic) bond motifs is 4. The molecule has 0 unspecified atom stereocenters. The van der Waals surface area contributed by atoms with Crippen molar-refractivity contribution in [2.24, 2.45) is 0 Å². The van der Waals surface area contributed by atoms with Crippen LogP contribution in [0.5, 0.6) is 5.75 Å². The van der Waals surface area contributed by atoms with E-state index in [1.807, 2.05) is 0 Å². The second-order valence-electron chi connectivity index (χ2n) is 7.33. The summed E-state index contributed by atoms with van der Waals surface area (Å²) in [6, 6.07) is 10.8. The van der Waals surface area contributed by atoms with Crippen LogP contribution in [0.1, 0.15) is 23.2 Å². The number of carbonyl (C=O) groups is 1. The largest absolute Gasteiger partial charge is 0.573 e. The second-order valence-corrected chi connectivity index (χ2v) is 7.33. The van der Waals surface area contributed by atoms with Crippen molar-refractivity contribution in [1.82, 2.24) is 14.5 Å². The van der Waals surface area contributed by atoms with Crippen molar-refractivity contribution in [1.29, 1.82) is 0 Å². The molecule has 34 heavy (non-hydrogen) atoms. The van der Waals surface area contributed by atoms with Crippen molar-refractivity contribution < 1.29 is 36.2 Å². The van der Waals surface area contributed by atoms with Gasteiger partial charge in [0.2, 0.25) is 5.76 Å². The van der Waals surface area contributed by atoms with Crippen LogP contribution in [-0.2, 0) is 11.3 Å². The summed E-state index contributed by atoms with van der Waals surface area (Å²) in [4.78, 5) is 21.0. The second kappa shape index (κ2) is 8.01. The van der Waals surface area contributed by atoms with Crippen molar-refractivity contribution in [2.75, 3.05) is 6.61 Å². The van der Waals surface area contributed by atoms with Crippen molar-refractivity contribution in [3.8, 4) is 5.75 Å². The minimum atomic E-state index is -4.87. The number of aromatic nitrogens is 3. The van der Waals surface area contributed by atoms with Crippen LogP contribution < -0.4 is 4.74 Å². The van der Waals surface area contributed by atoms with Crippen LogP contribution in [0.2, 0.25) is 0 Å². The summed E-state index contributed by atoms with van der Waals surface area (Å²) in [5.74, 6) is -1.16. The van der Waals surface area contributed by atoms with E-state index in [0.717, 1.165) is 0 Å². The van der Waals surface area contributed by atoms with Crippen molar-refractivity contribution in [2.45, 2.75) is 19.8 Å². The van der Waals surface area contributed by atoms with Gasteiger partial charge in [-0.3, -0.25) is 0 Å². The molecule has 0 aliphatic rings. The first-order valence-electron chi connectivity index (χ1n) is 10.1. The molecule has 2 aromatic carbocycles. The molecule has 5 aromatic rings. The maximum Gasteiger partial charge on any atom is 0.573 e. The lowest BCUT2D eigenvalue weighted by Crippen LogP contribution is -2.17. The first-order chi connectivity index (χ1) is 16.2. The van der Waals surface area contributed by atoms with Gasteiger partial charge in [0.05, 0.1) is 29.7 Å². The summed E-state index contributed by atoms with van der Waals surface area (Å²) in [6.45, 7) is 1.96. The van der Waals surface area contributed by atoms with Gasteiger partial charge in [-0.2, -0.15) is 0 Å². The highest BCUT2D eigenvalue weighted by Crippen LogP contribution is 2.33. The molecule has 0 atom stereocenters. The number of carbonyl (C=O) groups excluding carboxylic acids is 1. The maximum atomic E-state index is 13.7. The third kappa shape index (κ3) is 4.00. The summed E-state index contributed by atoms with van der Waals surface area (Å²) in [5, 5.41) is 0.326. The Labute approximate surface area is 188 Å². The average molecular weight is 473 g/mol. The molecule has 0 aliphatic carbocycles. The summed E-state index contributed by atoms with van der Waals surface area (Å²) in [6.07, 6.45) is -4.87. The number of rotatable bonds is 5. The van der Waals surface area contributed by atoms with E-state index in [0.29, 0.717) is 27.8 Å². The summed E-state index contributed by atoms with van der Waals surface area (Å²) in [5.41, 5.74) is 1.74. The van der Waals surface area contributed by atoms with Gasteiger partial charge in [0.15, 0.2) is 5.65 Å². The monoisotopic (exact) mass is 473 g/mol. The van der Waals surface area contributed by atoms with E-state index in [2.05, 4.69) is 14.7 Å². The Morgan fingerprint density at radius 2 is 1.88 bits per heavy atom. The topological polar surface area (TPSA) is 79.4 Å². The van der Waals surface area contributed by atoms with Gasteiger partial charge in [-0.05, 0) is 49.4 Å². The smallest absolute Gasteiger partial charge is 0.460 e. The highest BCUT2D eigenvalue weighted by Gasteiger charge is 2.31. The molecular weight excluding hydrogens is 458 g/mol. The first-order valence-corrected chi connectivity index (χ1v) is 10.1. The van der Waals surface area contributed by atoms with E-state index in [1.54, 1.807) is 17.6 Å². The fourth-order valence-corrected chi connectivity index (χ4v) is 3.73. The first kappa shape index (κ1) is 21.7. The number of furan rings is 1. The normalized spacial score (nSPS) is 12.0. The predicted octanol–water partition coefficient (Wildman–Crippen LogP) is 5.59. The van der Waals surface area contributed by atoms with Gasteiger partial charge in [-0.25, -0.2) is 19.2 Å². The fourth-order valence-electron chi connectivity index (χ4n) is 3.73. The Kier molecular flexibility index (Phi) is 5.11. The van der Waals surface area contributed by atoms with E-state index >= 15 is 0 Å². The molecule has 0 radical (unpaired) electrons. The number of esters is 1. The molecular formula is C23H15F4N3O4. The Morgan fingerprint density at radius 1 is 1.06 bits per heavy atom. The van der Waals surface area contributed by atoms with Crippen LogP contribution in [0.3, 0.4) is 0 Å². The molecule has 11 heteroatoms. The summed E-state index contributed by atoms with van der Waals surface area (Å²) >= 11 is 0. The number of alkyl halides is 3. The van der Waals surface area contributed by atoms with Gasteiger partial charge in [0.1, 0.15) is 22.8 Å².